The molecule has 0 saturated heterocycles. The summed E-state index contributed by atoms with van der Waals surface area (Å²) in [6.45, 7) is 0. The van der Waals surface area contributed by atoms with Crippen LogP contribution in [-0.2, 0) is 11.2 Å². The van der Waals surface area contributed by atoms with Gasteiger partial charge in [0.15, 0.2) is 0 Å². The van der Waals surface area contributed by atoms with Crippen LogP contribution < -0.4 is 11.1 Å². The van der Waals surface area contributed by atoms with Gasteiger partial charge < -0.3 is 16.0 Å². The van der Waals surface area contributed by atoms with E-state index in [1.165, 1.54) is 4.90 Å². The second kappa shape index (κ2) is 6.76. The van der Waals surface area contributed by atoms with E-state index in [0.717, 1.165) is 5.56 Å². The Kier molecular flexibility index (Phi) is 4.78. The normalized spacial score (nSPS) is 10.1. The minimum absolute atomic E-state index is 0.102. The van der Waals surface area contributed by atoms with Crippen molar-refractivity contribution in [2.45, 2.75) is 6.42 Å². The highest BCUT2D eigenvalue weighted by Crippen LogP contribution is 2.13. The van der Waals surface area contributed by atoms with E-state index < -0.39 is 0 Å². The number of nitrogens with two attached hydrogens (primary N) is 1. The van der Waals surface area contributed by atoms with Gasteiger partial charge in [0.25, 0.3) is 5.91 Å². The Bertz CT molecular complexity index is 679. The molecule has 0 aromatic heterocycles. The molecule has 5 nitrogen and oxygen atoms in total. The van der Waals surface area contributed by atoms with Gasteiger partial charge in [-0.2, -0.15) is 0 Å². The predicted octanol–water partition coefficient (Wildman–Crippen LogP) is 2.15. The van der Waals surface area contributed by atoms with Crippen LogP contribution >= 0.6 is 0 Å². The van der Waals surface area contributed by atoms with Crippen LogP contribution in [-0.4, -0.2) is 30.8 Å². The van der Waals surface area contributed by atoms with Crippen LogP contribution in [0, 0.1) is 0 Å². The van der Waals surface area contributed by atoms with E-state index in [2.05, 4.69) is 5.32 Å². The number of carbonyl (C=O) groups excluding carboxylic acids is 2. The molecule has 114 valence electrons. The highest BCUT2D eigenvalue weighted by molar-refractivity contribution is 5.97. The third kappa shape index (κ3) is 4.09. The quantitative estimate of drug-likeness (QED) is 0.849. The number of benzene rings is 2. The Labute approximate surface area is 129 Å². The Morgan fingerprint density at radius 2 is 1.77 bits per heavy atom. The molecule has 2 aromatic carbocycles. The van der Waals surface area contributed by atoms with Crippen molar-refractivity contribution in [3.8, 4) is 0 Å². The molecule has 0 aliphatic rings. The van der Waals surface area contributed by atoms with Gasteiger partial charge in [0.1, 0.15) is 0 Å². The van der Waals surface area contributed by atoms with Gasteiger partial charge in [-0.05, 0) is 35.9 Å². The second-order valence-electron chi connectivity index (χ2n) is 5.25. The van der Waals surface area contributed by atoms with Crippen molar-refractivity contribution in [1.82, 2.24) is 4.90 Å². The molecule has 3 N–H and O–H groups in total. The zero-order valence-corrected chi connectivity index (χ0v) is 12.7. The largest absolute Gasteiger partial charge is 0.399 e. The zero-order chi connectivity index (χ0) is 16.1. The average Bonchev–Trinajstić information content (AvgIpc) is 2.49. The Morgan fingerprint density at radius 1 is 1.09 bits per heavy atom. The molecule has 22 heavy (non-hydrogen) atoms. The molecule has 2 rings (SSSR count). The molecule has 2 aromatic rings. The van der Waals surface area contributed by atoms with Gasteiger partial charge in [0.05, 0.1) is 6.42 Å². The van der Waals surface area contributed by atoms with Crippen molar-refractivity contribution in [2.24, 2.45) is 0 Å². The van der Waals surface area contributed by atoms with Gasteiger partial charge in [-0.15, -0.1) is 0 Å². The van der Waals surface area contributed by atoms with Crippen molar-refractivity contribution in [3.63, 3.8) is 0 Å². The van der Waals surface area contributed by atoms with Crippen molar-refractivity contribution in [3.05, 3.63) is 59.7 Å². The molecule has 2 amide bonds. The van der Waals surface area contributed by atoms with Gasteiger partial charge in [0.2, 0.25) is 5.91 Å². The number of nitrogens with zero attached hydrogens (tertiary/aromatic N) is 1. The fraction of sp³-hybridized carbons (Fsp3) is 0.176. The van der Waals surface area contributed by atoms with E-state index in [1.807, 2.05) is 12.1 Å². The summed E-state index contributed by atoms with van der Waals surface area (Å²) in [5, 5.41) is 2.80. The highest BCUT2D eigenvalue weighted by Gasteiger charge is 2.09. The van der Waals surface area contributed by atoms with Crippen molar-refractivity contribution in [2.75, 3.05) is 25.1 Å². The van der Waals surface area contributed by atoms with Crippen molar-refractivity contribution in [1.29, 1.82) is 0 Å². The SMILES string of the molecule is CN(C)C(=O)c1cccc(NC(=O)Cc2ccc(N)cc2)c1. The van der Waals surface area contributed by atoms with E-state index in [1.54, 1.807) is 50.5 Å². The summed E-state index contributed by atoms with van der Waals surface area (Å²) in [5.41, 5.74) is 8.30. The third-order valence-corrected chi connectivity index (χ3v) is 3.14. The number of anilines is 2. The predicted molar refractivity (Wildman–Crippen MR) is 87.6 cm³/mol. The number of nitrogens with one attached hydrogen (secondary N) is 1. The summed E-state index contributed by atoms with van der Waals surface area (Å²) >= 11 is 0. The topological polar surface area (TPSA) is 75.4 Å². The number of rotatable bonds is 4. The van der Waals surface area contributed by atoms with Gasteiger partial charge >= 0.3 is 0 Å². The molecular weight excluding hydrogens is 278 g/mol. The van der Waals surface area contributed by atoms with Gasteiger partial charge in [-0.1, -0.05) is 18.2 Å². The molecule has 5 heteroatoms. The summed E-state index contributed by atoms with van der Waals surface area (Å²) in [6.07, 6.45) is 0.256. The standard InChI is InChI=1S/C17H19N3O2/c1-20(2)17(22)13-4-3-5-15(11-13)19-16(21)10-12-6-8-14(18)9-7-12/h3-9,11H,10,18H2,1-2H3,(H,19,21). The molecule has 0 fully saturated rings. The zero-order valence-electron chi connectivity index (χ0n) is 12.7. The first-order valence-corrected chi connectivity index (χ1v) is 6.91. The maximum absolute atomic E-state index is 12.0. The Hall–Kier alpha value is -2.82. The summed E-state index contributed by atoms with van der Waals surface area (Å²) in [5.74, 6) is -0.242. The monoisotopic (exact) mass is 297 g/mol. The average molecular weight is 297 g/mol. The maximum Gasteiger partial charge on any atom is 0.253 e. The third-order valence-electron chi connectivity index (χ3n) is 3.14. The molecule has 0 aliphatic heterocycles. The van der Waals surface area contributed by atoms with Crippen LogP contribution in [0.1, 0.15) is 15.9 Å². The minimum atomic E-state index is -0.140. The summed E-state index contributed by atoms with van der Waals surface area (Å²) < 4.78 is 0. The van der Waals surface area contributed by atoms with Crippen LogP contribution in [0.5, 0.6) is 0 Å². The number of nitrogen functional groups attached to an aromatic ring is 1. The Balaban J connectivity index is 2.04. The van der Waals surface area contributed by atoms with E-state index in [9.17, 15) is 9.59 Å². The van der Waals surface area contributed by atoms with Crippen molar-refractivity contribution < 1.29 is 9.59 Å². The molecule has 0 spiro atoms. The summed E-state index contributed by atoms with van der Waals surface area (Å²) in [6, 6.07) is 14.1. The first-order chi connectivity index (χ1) is 10.5. The van der Waals surface area contributed by atoms with Gasteiger partial charge in [-0.25, -0.2) is 0 Å². The molecule has 0 radical (unpaired) electrons. The lowest BCUT2D eigenvalue weighted by atomic mass is 10.1. The number of amides is 2. The maximum atomic E-state index is 12.0. The first kappa shape index (κ1) is 15.6. The Morgan fingerprint density at radius 3 is 2.41 bits per heavy atom. The van der Waals surface area contributed by atoms with Crippen LogP contribution in [0.4, 0.5) is 11.4 Å². The highest BCUT2D eigenvalue weighted by atomic mass is 16.2. The van der Waals surface area contributed by atoms with Crippen LogP contribution in [0.25, 0.3) is 0 Å². The summed E-state index contributed by atoms with van der Waals surface area (Å²) in [7, 11) is 3.38. The molecular formula is C17H19N3O2. The van der Waals surface area contributed by atoms with Gasteiger partial charge in [0, 0.05) is 31.0 Å². The van der Waals surface area contributed by atoms with E-state index in [-0.39, 0.29) is 18.2 Å². The minimum Gasteiger partial charge on any atom is -0.399 e. The second-order valence-corrected chi connectivity index (χ2v) is 5.25. The number of hydrogen-bond acceptors (Lipinski definition) is 3. The molecule has 0 bridgehead atoms. The van der Waals surface area contributed by atoms with Crippen LogP contribution in [0.2, 0.25) is 0 Å². The molecule has 0 atom stereocenters. The van der Waals surface area contributed by atoms with E-state index in [0.29, 0.717) is 16.9 Å². The lowest BCUT2D eigenvalue weighted by Gasteiger charge is -2.11. The number of hydrogen-bond donors (Lipinski definition) is 2. The van der Waals surface area contributed by atoms with E-state index in [4.69, 9.17) is 5.73 Å². The van der Waals surface area contributed by atoms with E-state index >= 15 is 0 Å². The first-order valence-electron chi connectivity index (χ1n) is 6.91. The molecule has 0 saturated carbocycles. The smallest absolute Gasteiger partial charge is 0.253 e. The number of carbonyl (C=O) groups is 2. The summed E-state index contributed by atoms with van der Waals surface area (Å²) in [4.78, 5) is 25.4. The van der Waals surface area contributed by atoms with Gasteiger partial charge in [-0.3, -0.25) is 9.59 Å². The molecule has 0 unspecified atom stereocenters. The lowest BCUT2D eigenvalue weighted by molar-refractivity contribution is -0.115. The van der Waals surface area contributed by atoms with Crippen molar-refractivity contribution >= 4 is 23.2 Å². The lowest BCUT2D eigenvalue weighted by Crippen LogP contribution is -2.22. The molecule has 0 heterocycles. The van der Waals surface area contributed by atoms with Crippen LogP contribution in [0.15, 0.2) is 48.5 Å². The fourth-order valence-corrected chi connectivity index (χ4v) is 2.01. The van der Waals surface area contributed by atoms with Crippen LogP contribution in [0.3, 0.4) is 0 Å². The molecule has 0 aliphatic carbocycles. The fourth-order valence-electron chi connectivity index (χ4n) is 2.01.